The highest BCUT2D eigenvalue weighted by molar-refractivity contribution is 5.95. The zero-order valence-corrected chi connectivity index (χ0v) is 16.5. The van der Waals surface area contributed by atoms with Gasteiger partial charge in [0.2, 0.25) is 0 Å². The molecule has 0 aliphatic heterocycles. The van der Waals surface area contributed by atoms with Crippen LogP contribution < -0.4 is 10.5 Å². The number of nitrogens with zero attached hydrogens (tertiary/aromatic N) is 1. The Kier molecular flexibility index (Phi) is 6.76. The average molecular weight is 387 g/mol. The van der Waals surface area contributed by atoms with Gasteiger partial charge in [-0.2, -0.15) is 0 Å². The molecule has 0 heterocycles. The van der Waals surface area contributed by atoms with Crippen LogP contribution >= 0.6 is 0 Å². The summed E-state index contributed by atoms with van der Waals surface area (Å²) in [6.07, 6.45) is 0. The largest absolute Gasteiger partial charge is 0.423 e. The van der Waals surface area contributed by atoms with Gasteiger partial charge in [-0.25, -0.2) is 4.79 Å². The number of nitrogen functional groups attached to an aromatic ring is 1. The first kappa shape index (κ1) is 20.3. The van der Waals surface area contributed by atoms with Gasteiger partial charge in [0.05, 0.1) is 5.56 Å². The van der Waals surface area contributed by atoms with E-state index in [1.165, 1.54) is 5.56 Å². The first-order valence-electron chi connectivity index (χ1n) is 9.57. The standard InChI is InChI=1S/C24H25N3O2/c1-2-27(16-18-6-4-3-5-7-18)17-19-8-10-21(11-9-19)24(28)29-22-14-12-20(13-15-22)23(25)26/h3-15H,2,16-17H2,1H3,(H3,25,26). The number of benzene rings is 3. The lowest BCUT2D eigenvalue weighted by molar-refractivity contribution is 0.0734. The van der Waals surface area contributed by atoms with Crippen molar-refractivity contribution in [2.24, 2.45) is 5.73 Å². The number of hydrogen-bond donors (Lipinski definition) is 2. The molecule has 3 aromatic carbocycles. The summed E-state index contributed by atoms with van der Waals surface area (Å²) >= 11 is 0. The maximum absolute atomic E-state index is 12.4. The lowest BCUT2D eigenvalue weighted by Crippen LogP contribution is -2.22. The zero-order chi connectivity index (χ0) is 20.6. The molecule has 0 unspecified atom stereocenters. The van der Waals surface area contributed by atoms with E-state index >= 15 is 0 Å². The van der Waals surface area contributed by atoms with Crippen molar-refractivity contribution < 1.29 is 9.53 Å². The van der Waals surface area contributed by atoms with Gasteiger partial charge >= 0.3 is 5.97 Å². The van der Waals surface area contributed by atoms with Gasteiger partial charge in [0.25, 0.3) is 0 Å². The van der Waals surface area contributed by atoms with Crippen LogP contribution in [0.2, 0.25) is 0 Å². The minimum Gasteiger partial charge on any atom is -0.423 e. The van der Waals surface area contributed by atoms with Crippen LogP contribution in [0.15, 0.2) is 78.9 Å². The third kappa shape index (κ3) is 5.77. The molecular weight excluding hydrogens is 362 g/mol. The molecule has 0 aliphatic rings. The topological polar surface area (TPSA) is 79.4 Å². The second kappa shape index (κ2) is 9.66. The molecule has 148 valence electrons. The number of carbonyl (C=O) groups is 1. The molecule has 3 aromatic rings. The molecule has 0 fully saturated rings. The van der Waals surface area contributed by atoms with Crippen LogP contribution in [0.5, 0.6) is 5.75 Å². The lowest BCUT2D eigenvalue weighted by atomic mass is 10.1. The second-order valence-corrected chi connectivity index (χ2v) is 6.81. The Morgan fingerprint density at radius 2 is 1.41 bits per heavy atom. The molecule has 0 amide bonds. The minimum absolute atomic E-state index is 0.0214. The van der Waals surface area contributed by atoms with E-state index in [9.17, 15) is 4.79 Å². The van der Waals surface area contributed by atoms with Gasteiger partial charge in [-0.05, 0) is 54.1 Å². The number of esters is 1. The summed E-state index contributed by atoms with van der Waals surface area (Å²) < 4.78 is 5.40. The summed E-state index contributed by atoms with van der Waals surface area (Å²) in [6, 6.07) is 24.5. The van der Waals surface area contributed by atoms with Gasteiger partial charge in [-0.1, -0.05) is 49.4 Å². The van der Waals surface area contributed by atoms with Crippen LogP contribution in [0.1, 0.15) is 34.0 Å². The number of nitrogens with two attached hydrogens (primary N) is 1. The highest BCUT2D eigenvalue weighted by Gasteiger charge is 2.10. The highest BCUT2D eigenvalue weighted by atomic mass is 16.5. The molecular formula is C24H25N3O2. The maximum Gasteiger partial charge on any atom is 0.343 e. The Morgan fingerprint density at radius 1 is 0.862 bits per heavy atom. The van der Waals surface area contributed by atoms with E-state index in [2.05, 4.69) is 36.1 Å². The quantitative estimate of drug-likeness (QED) is 0.263. The molecule has 0 radical (unpaired) electrons. The average Bonchev–Trinajstić information content (AvgIpc) is 2.75. The van der Waals surface area contributed by atoms with E-state index in [0.717, 1.165) is 25.2 Å². The molecule has 3 N–H and O–H groups in total. The Hall–Kier alpha value is -3.44. The first-order valence-corrected chi connectivity index (χ1v) is 9.57. The van der Waals surface area contributed by atoms with Crippen molar-refractivity contribution in [2.45, 2.75) is 20.0 Å². The molecule has 5 nitrogen and oxygen atoms in total. The molecule has 0 saturated heterocycles. The number of nitrogens with one attached hydrogen (secondary N) is 1. The van der Waals surface area contributed by atoms with Gasteiger partial charge in [0.1, 0.15) is 11.6 Å². The Morgan fingerprint density at radius 3 is 1.97 bits per heavy atom. The molecule has 0 spiro atoms. The van der Waals surface area contributed by atoms with Crippen LogP contribution in [-0.4, -0.2) is 23.2 Å². The summed E-state index contributed by atoms with van der Waals surface area (Å²) in [5.41, 5.74) is 8.94. The maximum atomic E-state index is 12.4. The van der Waals surface area contributed by atoms with E-state index in [0.29, 0.717) is 16.9 Å². The number of carbonyl (C=O) groups excluding carboxylic acids is 1. The second-order valence-electron chi connectivity index (χ2n) is 6.81. The van der Waals surface area contributed by atoms with Gasteiger partial charge in [-0.15, -0.1) is 0 Å². The summed E-state index contributed by atoms with van der Waals surface area (Å²) in [6.45, 7) is 4.78. The van der Waals surface area contributed by atoms with Crippen LogP contribution in [0, 0.1) is 5.41 Å². The molecule has 0 aliphatic carbocycles. The van der Waals surface area contributed by atoms with Crippen LogP contribution in [0.25, 0.3) is 0 Å². The van der Waals surface area contributed by atoms with Crippen molar-refractivity contribution in [3.63, 3.8) is 0 Å². The summed E-state index contributed by atoms with van der Waals surface area (Å²) in [5.74, 6) is -0.0142. The van der Waals surface area contributed by atoms with Crippen LogP contribution in [0.3, 0.4) is 0 Å². The smallest absolute Gasteiger partial charge is 0.343 e. The molecule has 0 atom stereocenters. The van der Waals surface area contributed by atoms with Gasteiger partial charge < -0.3 is 10.5 Å². The van der Waals surface area contributed by atoms with Crippen molar-refractivity contribution in [1.82, 2.24) is 4.90 Å². The number of amidine groups is 1. The fourth-order valence-electron chi connectivity index (χ4n) is 2.99. The highest BCUT2D eigenvalue weighted by Crippen LogP contribution is 2.16. The van der Waals surface area contributed by atoms with E-state index in [4.69, 9.17) is 15.9 Å². The normalized spacial score (nSPS) is 10.7. The summed E-state index contributed by atoms with van der Waals surface area (Å²) in [4.78, 5) is 14.7. The molecule has 3 rings (SSSR count). The van der Waals surface area contributed by atoms with Gasteiger partial charge in [0, 0.05) is 18.7 Å². The number of hydrogen-bond acceptors (Lipinski definition) is 4. The molecule has 0 saturated carbocycles. The fourth-order valence-corrected chi connectivity index (χ4v) is 2.99. The van der Waals surface area contributed by atoms with Gasteiger partial charge in [0.15, 0.2) is 0 Å². The van der Waals surface area contributed by atoms with E-state index in [1.807, 2.05) is 18.2 Å². The predicted octanol–water partition coefficient (Wildman–Crippen LogP) is 4.21. The van der Waals surface area contributed by atoms with Gasteiger partial charge in [-0.3, -0.25) is 10.3 Å². The zero-order valence-electron chi connectivity index (χ0n) is 16.5. The Labute approximate surface area is 171 Å². The molecule has 29 heavy (non-hydrogen) atoms. The monoisotopic (exact) mass is 387 g/mol. The van der Waals surface area contributed by atoms with Crippen molar-refractivity contribution >= 4 is 11.8 Å². The Bertz CT molecular complexity index is 952. The molecule has 0 bridgehead atoms. The lowest BCUT2D eigenvalue weighted by Gasteiger charge is -2.20. The molecule has 0 aromatic heterocycles. The minimum atomic E-state index is -0.413. The third-order valence-corrected chi connectivity index (χ3v) is 4.67. The first-order chi connectivity index (χ1) is 14.0. The molecule has 5 heteroatoms. The number of rotatable bonds is 8. The SMILES string of the molecule is CCN(Cc1ccccc1)Cc1ccc(C(=O)Oc2ccc(C(=N)N)cc2)cc1. The van der Waals surface area contributed by atoms with Crippen molar-refractivity contribution in [3.05, 3.63) is 101 Å². The van der Waals surface area contributed by atoms with E-state index in [1.54, 1.807) is 36.4 Å². The van der Waals surface area contributed by atoms with Crippen molar-refractivity contribution in [1.29, 1.82) is 5.41 Å². The predicted molar refractivity (Wildman–Crippen MR) is 115 cm³/mol. The van der Waals surface area contributed by atoms with Crippen molar-refractivity contribution in [3.8, 4) is 5.75 Å². The van der Waals surface area contributed by atoms with Crippen molar-refractivity contribution in [2.75, 3.05) is 6.54 Å². The fraction of sp³-hybridized carbons (Fsp3) is 0.167. The summed E-state index contributed by atoms with van der Waals surface area (Å²) in [7, 11) is 0. The third-order valence-electron chi connectivity index (χ3n) is 4.67. The van der Waals surface area contributed by atoms with E-state index < -0.39 is 5.97 Å². The summed E-state index contributed by atoms with van der Waals surface area (Å²) in [5, 5.41) is 7.39. The van der Waals surface area contributed by atoms with Crippen LogP contribution in [-0.2, 0) is 13.1 Å². The number of ether oxygens (including phenoxy) is 1. The Balaban J connectivity index is 1.59. The van der Waals surface area contributed by atoms with Crippen LogP contribution in [0.4, 0.5) is 0 Å². The van der Waals surface area contributed by atoms with E-state index in [-0.39, 0.29) is 5.84 Å².